The van der Waals surface area contributed by atoms with Crippen molar-refractivity contribution in [3.63, 3.8) is 0 Å². The van der Waals surface area contributed by atoms with Gasteiger partial charge in [0.05, 0.1) is 11.5 Å². The minimum Gasteiger partial charge on any atom is -0.346 e. The summed E-state index contributed by atoms with van der Waals surface area (Å²) in [6.07, 6.45) is 6.85. The molecule has 3 fully saturated rings. The van der Waals surface area contributed by atoms with Gasteiger partial charge >= 0.3 is 0 Å². The van der Waals surface area contributed by atoms with Gasteiger partial charge in [0.2, 0.25) is 5.91 Å². The van der Waals surface area contributed by atoms with Crippen molar-refractivity contribution >= 4 is 5.91 Å². The monoisotopic (exact) mass is 341 g/mol. The number of likely N-dealkylation sites (tertiary alicyclic amines) is 2. The summed E-state index contributed by atoms with van der Waals surface area (Å²) in [4.78, 5) is 18.0. The zero-order chi connectivity index (χ0) is 17.3. The summed E-state index contributed by atoms with van der Waals surface area (Å²) in [5.41, 5.74) is 1.19. The van der Waals surface area contributed by atoms with Crippen LogP contribution in [-0.4, -0.2) is 55.0 Å². The van der Waals surface area contributed by atoms with Crippen LogP contribution in [0.25, 0.3) is 0 Å². The van der Waals surface area contributed by atoms with Crippen molar-refractivity contribution in [3.8, 4) is 0 Å². The van der Waals surface area contributed by atoms with E-state index in [9.17, 15) is 4.79 Å². The van der Waals surface area contributed by atoms with Crippen LogP contribution in [0, 0.1) is 5.92 Å². The van der Waals surface area contributed by atoms with Crippen LogP contribution < -0.4 is 5.32 Å². The van der Waals surface area contributed by atoms with Gasteiger partial charge in [0.15, 0.2) is 0 Å². The average molecular weight is 341 g/mol. The molecule has 0 aromatic heterocycles. The highest BCUT2D eigenvalue weighted by Gasteiger charge is 2.46. The minimum absolute atomic E-state index is 0.0752. The first-order chi connectivity index (χ1) is 12.2. The number of amides is 1. The molecule has 0 bridgehead atoms. The molecule has 136 valence electrons. The first-order valence-electron chi connectivity index (χ1n) is 9.96. The normalized spacial score (nSPS) is 27.8. The fourth-order valence-electron chi connectivity index (χ4n) is 4.62. The van der Waals surface area contributed by atoms with Crippen molar-refractivity contribution in [3.05, 3.63) is 35.9 Å². The lowest BCUT2D eigenvalue weighted by Gasteiger charge is -2.41. The number of rotatable bonds is 4. The van der Waals surface area contributed by atoms with Gasteiger partial charge in [0.1, 0.15) is 0 Å². The number of hydrogen-bond acceptors (Lipinski definition) is 3. The molecule has 1 aromatic carbocycles. The molecule has 1 unspecified atom stereocenters. The lowest BCUT2D eigenvalue weighted by atomic mass is 9.92. The Kier molecular flexibility index (Phi) is 4.83. The van der Waals surface area contributed by atoms with Gasteiger partial charge in [-0.3, -0.25) is 9.69 Å². The number of benzene rings is 1. The highest BCUT2D eigenvalue weighted by atomic mass is 16.2. The van der Waals surface area contributed by atoms with Crippen molar-refractivity contribution in [2.45, 2.75) is 50.1 Å². The Hall–Kier alpha value is -1.39. The van der Waals surface area contributed by atoms with Gasteiger partial charge in [-0.25, -0.2) is 0 Å². The molecular weight excluding hydrogens is 310 g/mol. The first kappa shape index (κ1) is 17.0. The molecule has 0 spiro atoms. The number of nitrogens with zero attached hydrogens (tertiary/aromatic N) is 2. The smallest absolute Gasteiger partial charge is 0.225 e. The molecule has 2 aliphatic heterocycles. The SMILES string of the molecule is CN1CCC(N2CCCC(C(=O)NC3(c4ccccc4)CC3)C2)CC1. The van der Waals surface area contributed by atoms with Crippen molar-refractivity contribution in [1.29, 1.82) is 0 Å². The van der Waals surface area contributed by atoms with E-state index >= 15 is 0 Å². The molecule has 1 amide bonds. The van der Waals surface area contributed by atoms with E-state index in [1.807, 2.05) is 6.07 Å². The summed E-state index contributed by atoms with van der Waals surface area (Å²) in [6, 6.07) is 11.2. The molecule has 1 saturated carbocycles. The Bertz CT molecular complexity index is 590. The van der Waals surface area contributed by atoms with Crippen LogP contribution in [0.15, 0.2) is 30.3 Å². The molecule has 4 rings (SSSR count). The van der Waals surface area contributed by atoms with Gasteiger partial charge in [0.25, 0.3) is 0 Å². The predicted octanol–water partition coefficient (Wildman–Crippen LogP) is 2.60. The standard InChI is InChI=1S/C21H31N3O/c1-23-14-9-19(10-15-23)24-13-5-6-17(16-24)20(25)22-21(11-12-21)18-7-3-2-4-8-18/h2-4,7-8,17,19H,5-6,9-16H2,1H3,(H,22,25). The third-order valence-electron chi connectivity index (χ3n) is 6.47. The fraction of sp³-hybridized carbons (Fsp3) is 0.667. The van der Waals surface area contributed by atoms with Gasteiger partial charge < -0.3 is 10.2 Å². The zero-order valence-corrected chi connectivity index (χ0v) is 15.4. The highest BCUT2D eigenvalue weighted by molar-refractivity contribution is 5.80. The van der Waals surface area contributed by atoms with Crippen LogP contribution in [0.1, 0.15) is 44.1 Å². The summed E-state index contributed by atoms with van der Waals surface area (Å²) >= 11 is 0. The Labute approximate surface area is 151 Å². The Balaban J connectivity index is 1.36. The van der Waals surface area contributed by atoms with E-state index < -0.39 is 0 Å². The van der Waals surface area contributed by atoms with Crippen molar-refractivity contribution in [2.24, 2.45) is 5.92 Å². The number of carbonyl (C=O) groups excluding carboxylic acids is 1. The minimum atomic E-state index is -0.0752. The molecule has 2 saturated heterocycles. The fourth-order valence-corrected chi connectivity index (χ4v) is 4.62. The third-order valence-corrected chi connectivity index (χ3v) is 6.47. The summed E-state index contributed by atoms with van der Waals surface area (Å²) in [5.74, 6) is 0.438. The first-order valence-corrected chi connectivity index (χ1v) is 9.96. The van der Waals surface area contributed by atoms with Crippen LogP contribution >= 0.6 is 0 Å². The quantitative estimate of drug-likeness (QED) is 0.914. The molecule has 0 radical (unpaired) electrons. The van der Waals surface area contributed by atoms with Crippen molar-refractivity contribution < 1.29 is 4.79 Å². The van der Waals surface area contributed by atoms with Crippen LogP contribution in [0.3, 0.4) is 0 Å². The maximum absolute atomic E-state index is 13.0. The Morgan fingerprint density at radius 3 is 2.48 bits per heavy atom. The van der Waals surface area contributed by atoms with E-state index in [1.165, 1.54) is 38.0 Å². The summed E-state index contributed by atoms with van der Waals surface area (Å²) in [6.45, 7) is 4.50. The van der Waals surface area contributed by atoms with Crippen LogP contribution in [0.2, 0.25) is 0 Å². The summed E-state index contributed by atoms with van der Waals surface area (Å²) in [5, 5.41) is 3.41. The molecule has 25 heavy (non-hydrogen) atoms. The molecule has 1 aromatic rings. The van der Waals surface area contributed by atoms with E-state index in [2.05, 4.69) is 46.4 Å². The van der Waals surface area contributed by atoms with Gasteiger partial charge in [-0.05, 0) is 70.8 Å². The Morgan fingerprint density at radius 1 is 1.08 bits per heavy atom. The molecule has 3 aliphatic rings. The molecule has 1 N–H and O–H groups in total. The van der Waals surface area contributed by atoms with Crippen molar-refractivity contribution in [1.82, 2.24) is 15.1 Å². The lowest BCUT2D eigenvalue weighted by Crippen LogP contribution is -2.51. The molecule has 1 atom stereocenters. The second-order valence-electron chi connectivity index (χ2n) is 8.31. The second-order valence-corrected chi connectivity index (χ2v) is 8.31. The van der Waals surface area contributed by atoms with Gasteiger partial charge in [-0.1, -0.05) is 30.3 Å². The van der Waals surface area contributed by atoms with E-state index in [4.69, 9.17) is 0 Å². The molecule has 4 heteroatoms. The second kappa shape index (κ2) is 7.08. The Morgan fingerprint density at radius 2 is 1.80 bits per heavy atom. The average Bonchev–Trinajstić information content (AvgIpc) is 3.44. The lowest BCUT2D eigenvalue weighted by molar-refractivity contribution is -0.128. The maximum atomic E-state index is 13.0. The highest BCUT2D eigenvalue weighted by Crippen LogP contribution is 2.45. The van der Waals surface area contributed by atoms with Crippen LogP contribution in [0.4, 0.5) is 0 Å². The van der Waals surface area contributed by atoms with Crippen LogP contribution in [-0.2, 0) is 10.3 Å². The zero-order valence-electron chi connectivity index (χ0n) is 15.4. The van der Waals surface area contributed by atoms with E-state index in [0.29, 0.717) is 6.04 Å². The van der Waals surface area contributed by atoms with Crippen molar-refractivity contribution in [2.75, 3.05) is 33.2 Å². The summed E-state index contributed by atoms with van der Waals surface area (Å²) < 4.78 is 0. The molecule has 2 heterocycles. The third kappa shape index (κ3) is 3.75. The largest absolute Gasteiger partial charge is 0.346 e. The maximum Gasteiger partial charge on any atom is 0.225 e. The number of piperidine rings is 2. The van der Waals surface area contributed by atoms with E-state index in [1.54, 1.807) is 0 Å². The molecule has 4 nitrogen and oxygen atoms in total. The van der Waals surface area contributed by atoms with Gasteiger partial charge in [0, 0.05) is 12.6 Å². The molecular formula is C21H31N3O. The number of nitrogens with one attached hydrogen (secondary N) is 1. The van der Waals surface area contributed by atoms with Gasteiger partial charge in [-0.15, -0.1) is 0 Å². The predicted molar refractivity (Wildman–Crippen MR) is 100 cm³/mol. The number of carbonyl (C=O) groups is 1. The van der Waals surface area contributed by atoms with E-state index in [0.717, 1.165) is 32.2 Å². The summed E-state index contributed by atoms with van der Waals surface area (Å²) in [7, 11) is 2.21. The van der Waals surface area contributed by atoms with Crippen LogP contribution in [0.5, 0.6) is 0 Å². The van der Waals surface area contributed by atoms with E-state index in [-0.39, 0.29) is 17.4 Å². The van der Waals surface area contributed by atoms with Gasteiger partial charge in [-0.2, -0.15) is 0 Å². The molecule has 1 aliphatic carbocycles. The number of hydrogen-bond donors (Lipinski definition) is 1. The topological polar surface area (TPSA) is 35.6 Å².